The van der Waals surface area contributed by atoms with Crippen LogP contribution in [0, 0.1) is 5.82 Å². The number of nitrogens with zero attached hydrogens (tertiary/aromatic N) is 3. The van der Waals surface area contributed by atoms with Crippen LogP contribution in [0.3, 0.4) is 0 Å². The van der Waals surface area contributed by atoms with Gasteiger partial charge in [-0.1, -0.05) is 43.5 Å². The van der Waals surface area contributed by atoms with Gasteiger partial charge >= 0.3 is 0 Å². The van der Waals surface area contributed by atoms with Crippen molar-refractivity contribution in [2.24, 2.45) is 0 Å². The molecule has 1 aromatic heterocycles. The Bertz CT molecular complexity index is 1130. The standard InChI is InChI=1S/C27H29FN4O3/c1-2-35-24-11-7-6-10-23(24)32(27(34)22-18-29-16-17-30-22)25(19-12-14-20(28)15-13-19)26(33)31-21-8-4-3-5-9-21/h6-7,10-18,21,25H,2-5,8-9H2,1H3,(H,31,33)/t25-/m0/s1. The van der Waals surface area contributed by atoms with Gasteiger partial charge in [0.1, 0.15) is 23.3 Å². The monoisotopic (exact) mass is 476 g/mol. The van der Waals surface area contributed by atoms with Gasteiger partial charge in [-0.3, -0.25) is 19.5 Å². The average Bonchev–Trinajstić information content (AvgIpc) is 2.89. The van der Waals surface area contributed by atoms with Crippen molar-refractivity contribution in [1.82, 2.24) is 15.3 Å². The molecule has 1 fully saturated rings. The van der Waals surface area contributed by atoms with Crippen LogP contribution in [0.15, 0.2) is 67.1 Å². The molecule has 0 radical (unpaired) electrons. The van der Waals surface area contributed by atoms with Crippen molar-refractivity contribution in [3.8, 4) is 5.75 Å². The highest BCUT2D eigenvalue weighted by Gasteiger charge is 2.36. The highest BCUT2D eigenvalue weighted by molar-refractivity contribution is 6.09. The Balaban J connectivity index is 1.84. The van der Waals surface area contributed by atoms with Crippen LogP contribution >= 0.6 is 0 Å². The SMILES string of the molecule is CCOc1ccccc1N(C(=O)c1cnccn1)[C@H](C(=O)NC1CCCCC1)c1ccc(F)cc1. The Labute approximate surface area is 204 Å². The van der Waals surface area contributed by atoms with E-state index in [1.165, 1.54) is 47.8 Å². The maximum Gasteiger partial charge on any atom is 0.279 e. The van der Waals surface area contributed by atoms with E-state index in [4.69, 9.17) is 4.74 Å². The molecule has 2 aromatic carbocycles. The lowest BCUT2D eigenvalue weighted by atomic mass is 9.94. The molecular formula is C27H29FN4O3. The number of aromatic nitrogens is 2. The molecule has 1 aliphatic carbocycles. The molecule has 0 aliphatic heterocycles. The third-order valence-electron chi connectivity index (χ3n) is 6.07. The highest BCUT2D eigenvalue weighted by atomic mass is 19.1. The Hall–Kier alpha value is -3.81. The van der Waals surface area contributed by atoms with Crippen LogP contribution in [-0.4, -0.2) is 34.4 Å². The Morgan fingerprint density at radius 1 is 1.09 bits per heavy atom. The number of halogens is 1. The van der Waals surface area contributed by atoms with Crippen molar-refractivity contribution in [1.29, 1.82) is 0 Å². The van der Waals surface area contributed by atoms with Gasteiger partial charge in [0.2, 0.25) is 5.91 Å². The summed E-state index contributed by atoms with van der Waals surface area (Å²) in [4.78, 5) is 37.3. The molecule has 8 heteroatoms. The fourth-order valence-corrected chi connectivity index (χ4v) is 4.42. The Morgan fingerprint density at radius 3 is 2.51 bits per heavy atom. The number of hydrogen-bond donors (Lipinski definition) is 1. The molecule has 1 saturated carbocycles. The zero-order chi connectivity index (χ0) is 24.6. The second-order valence-corrected chi connectivity index (χ2v) is 8.46. The average molecular weight is 477 g/mol. The van der Waals surface area contributed by atoms with E-state index in [9.17, 15) is 14.0 Å². The minimum atomic E-state index is -1.08. The molecule has 0 saturated heterocycles. The number of ether oxygens (including phenoxy) is 1. The Morgan fingerprint density at radius 2 is 1.83 bits per heavy atom. The van der Waals surface area contributed by atoms with Crippen LogP contribution in [0.5, 0.6) is 5.75 Å². The second kappa shape index (κ2) is 11.6. The summed E-state index contributed by atoms with van der Waals surface area (Å²) < 4.78 is 19.6. The summed E-state index contributed by atoms with van der Waals surface area (Å²) in [7, 11) is 0. The van der Waals surface area contributed by atoms with Gasteiger partial charge in [0, 0.05) is 18.4 Å². The van der Waals surface area contributed by atoms with E-state index in [1.54, 1.807) is 24.3 Å². The van der Waals surface area contributed by atoms with Crippen LogP contribution in [-0.2, 0) is 4.79 Å². The van der Waals surface area contributed by atoms with E-state index in [2.05, 4.69) is 15.3 Å². The lowest BCUT2D eigenvalue weighted by Gasteiger charge is -2.34. The summed E-state index contributed by atoms with van der Waals surface area (Å²) in [5, 5.41) is 3.14. The van der Waals surface area contributed by atoms with E-state index in [0.29, 0.717) is 23.6 Å². The van der Waals surface area contributed by atoms with Crippen LogP contribution < -0.4 is 15.0 Å². The number of anilines is 1. The number of hydrogen-bond acceptors (Lipinski definition) is 5. The predicted octanol–water partition coefficient (Wildman–Crippen LogP) is 4.85. The first-order chi connectivity index (χ1) is 17.1. The van der Waals surface area contributed by atoms with Crippen LogP contribution in [0.4, 0.5) is 10.1 Å². The maximum atomic E-state index is 13.9. The summed E-state index contributed by atoms with van der Waals surface area (Å²) in [5.74, 6) is -0.836. The molecule has 7 nitrogen and oxygen atoms in total. The summed E-state index contributed by atoms with van der Waals surface area (Å²) in [6, 6.07) is 11.6. The Kier molecular flexibility index (Phi) is 8.03. The molecule has 1 atom stereocenters. The molecule has 3 aromatic rings. The van der Waals surface area contributed by atoms with Gasteiger partial charge < -0.3 is 10.1 Å². The van der Waals surface area contributed by atoms with E-state index in [0.717, 1.165) is 32.1 Å². The minimum absolute atomic E-state index is 0.0230. The van der Waals surface area contributed by atoms with Crippen molar-refractivity contribution in [2.45, 2.75) is 51.1 Å². The second-order valence-electron chi connectivity index (χ2n) is 8.46. The zero-order valence-corrected chi connectivity index (χ0v) is 19.7. The molecule has 0 unspecified atom stereocenters. The predicted molar refractivity (Wildman–Crippen MR) is 131 cm³/mol. The van der Waals surface area contributed by atoms with E-state index < -0.39 is 17.8 Å². The molecule has 2 amide bonds. The molecule has 1 aliphatic rings. The van der Waals surface area contributed by atoms with Gasteiger partial charge in [-0.25, -0.2) is 9.37 Å². The molecule has 1 N–H and O–H groups in total. The first-order valence-electron chi connectivity index (χ1n) is 12.0. The molecular weight excluding hydrogens is 447 g/mol. The zero-order valence-electron chi connectivity index (χ0n) is 19.7. The molecule has 1 heterocycles. The highest BCUT2D eigenvalue weighted by Crippen LogP contribution is 2.36. The lowest BCUT2D eigenvalue weighted by molar-refractivity contribution is -0.123. The quantitative estimate of drug-likeness (QED) is 0.502. The van der Waals surface area contributed by atoms with Crippen molar-refractivity contribution in [3.05, 3.63) is 84.2 Å². The van der Waals surface area contributed by atoms with Gasteiger partial charge in [-0.2, -0.15) is 0 Å². The summed E-state index contributed by atoms with van der Waals surface area (Å²) in [6.07, 6.45) is 9.26. The maximum absolute atomic E-state index is 13.9. The largest absolute Gasteiger partial charge is 0.492 e. The summed E-state index contributed by atoms with van der Waals surface area (Å²) in [5.41, 5.74) is 0.970. The fourth-order valence-electron chi connectivity index (χ4n) is 4.42. The van der Waals surface area contributed by atoms with Crippen molar-refractivity contribution in [2.75, 3.05) is 11.5 Å². The van der Waals surface area contributed by atoms with Gasteiger partial charge in [0.05, 0.1) is 18.5 Å². The number of amides is 2. The molecule has 0 spiro atoms. The fraction of sp³-hybridized carbons (Fsp3) is 0.333. The third-order valence-corrected chi connectivity index (χ3v) is 6.07. The van der Waals surface area contributed by atoms with Crippen LogP contribution in [0.25, 0.3) is 0 Å². The first kappa shape index (κ1) is 24.3. The molecule has 35 heavy (non-hydrogen) atoms. The number of para-hydroxylation sites is 2. The van der Waals surface area contributed by atoms with E-state index >= 15 is 0 Å². The van der Waals surface area contributed by atoms with Gasteiger partial charge in [0.15, 0.2) is 0 Å². The summed E-state index contributed by atoms with van der Waals surface area (Å²) in [6.45, 7) is 2.22. The van der Waals surface area contributed by atoms with Crippen LogP contribution in [0.2, 0.25) is 0 Å². The van der Waals surface area contributed by atoms with Crippen LogP contribution in [0.1, 0.15) is 61.1 Å². The van der Waals surface area contributed by atoms with Gasteiger partial charge in [-0.05, 0) is 49.6 Å². The first-order valence-corrected chi connectivity index (χ1v) is 12.0. The number of nitrogens with one attached hydrogen (secondary N) is 1. The van der Waals surface area contributed by atoms with Crippen molar-refractivity contribution < 1.29 is 18.7 Å². The number of carbonyl (C=O) groups excluding carboxylic acids is 2. The van der Waals surface area contributed by atoms with Crippen molar-refractivity contribution >= 4 is 17.5 Å². The smallest absolute Gasteiger partial charge is 0.279 e. The van der Waals surface area contributed by atoms with Gasteiger partial charge in [0.25, 0.3) is 5.91 Å². The molecule has 182 valence electrons. The minimum Gasteiger partial charge on any atom is -0.492 e. The molecule has 4 rings (SSSR count). The number of benzene rings is 2. The van der Waals surface area contributed by atoms with Crippen molar-refractivity contribution in [3.63, 3.8) is 0 Å². The van der Waals surface area contributed by atoms with Gasteiger partial charge in [-0.15, -0.1) is 0 Å². The third kappa shape index (κ3) is 5.82. The normalized spacial score (nSPS) is 14.7. The number of rotatable bonds is 8. The number of carbonyl (C=O) groups is 2. The van der Waals surface area contributed by atoms with E-state index in [1.807, 2.05) is 6.92 Å². The van der Waals surface area contributed by atoms with E-state index in [-0.39, 0.29) is 17.6 Å². The topological polar surface area (TPSA) is 84.4 Å². The lowest BCUT2D eigenvalue weighted by Crippen LogP contribution is -2.47. The summed E-state index contributed by atoms with van der Waals surface area (Å²) >= 11 is 0. The molecule has 0 bridgehead atoms.